The van der Waals surface area contributed by atoms with E-state index in [9.17, 15) is 9.59 Å². The molecule has 1 saturated heterocycles. The predicted molar refractivity (Wildman–Crippen MR) is 105 cm³/mol. The van der Waals surface area contributed by atoms with Gasteiger partial charge in [0.25, 0.3) is 5.91 Å². The zero-order valence-corrected chi connectivity index (χ0v) is 14.8. The van der Waals surface area contributed by atoms with Crippen LogP contribution >= 0.6 is 0 Å². The number of carbonyl (C=O) groups excluding carboxylic acids is 2. The summed E-state index contributed by atoms with van der Waals surface area (Å²) in [5, 5.41) is 5.79. The molecule has 1 aliphatic heterocycles. The maximum absolute atomic E-state index is 12.7. The van der Waals surface area contributed by atoms with E-state index in [1.54, 1.807) is 0 Å². The average molecular weight is 360 g/mol. The lowest BCUT2D eigenvalue weighted by Crippen LogP contribution is -2.47. The minimum atomic E-state index is -0.178. The lowest BCUT2D eigenvalue weighted by Gasteiger charge is -2.30. The van der Waals surface area contributed by atoms with E-state index in [-0.39, 0.29) is 11.8 Å². The van der Waals surface area contributed by atoms with Gasteiger partial charge in [-0.15, -0.1) is 0 Å². The van der Waals surface area contributed by atoms with Crippen LogP contribution in [0.5, 0.6) is 0 Å². The van der Waals surface area contributed by atoms with Crippen molar-refractivity contribution >= 4 is 23.2 Å². The highest BCUT2D eigenvalue weighted by Crippen LogP contribution is 2.26. The zero-order valence-electron chi connectivity index (χ0n) is 14.8. The highest BCUT2D eigenvalue weighted by atomic mass is 16.2. The van der Waals surface area contributed by atoms with Gasteiger partial charge >= 0.3 is 0 Å². The Kier molecular flexibility index (Phi) is 4.61. The van der Waals surface area contributed by atoms with Crippen LogP contribution in [0.25, 0.3) is 5.69 Å². The highest BCUT2D eigenvalue weighted by molar-refractivity contribution is 6.06. The van der Waals surface area contributed by atoms with Crippen molar-refractivity contribution in [3.8, 4) is 5.69 Å². The molecule has 1 aromatic heterocycles. The lowest BCUT2D eigenvalue weighted by atomic mass is 10.1. The second-order valence-electron chi connectivity index (χ2n) is 6.38. The summed E-state index contributed by atoms with van der Waals surface area (Å²) in [6, 6.07) is 18.9. The number of nitrogens with one attached hydrogen (secondary N) is 2. The fourth-order valence-corrected chi connectivity index (χ4v) is 3.19. The lowest BCUT2D eigenvalue weighted by molar-refractivity contribution is -0.120. The predicted octanol–water partition coefficient (Wildman–Crippen LogP) is 2.67. The van der Waals surface area contributed by atoms with Crippen LogP contribution in [0.1, 0.15) is 10.4 Å². The van der Waals surface area contributed by atoms with Crippen molar-refractivity contribution in [3.05, 3.63) is 78.6 Å². The molecule has 0 unspecified atom stereocenters. The summed E-state index contributed by atoms with van der Waals surface area (Å²) in [6.07, 6.45) is 3.92. The second-order valence-corrected chi connectivity index (χ2v) is 6.38. The Morgan fingerprint density at radius 3 is 2.44 bits per heavy atom. The van der Waals surface area contributed by atoms with Gasteiger partial charge < -0.3 is 20.1 Å². The number of benzene rings is 2. The molecule has 4 rings (SSSR count). The number of nitrogens with zero attached hydrogens (tertiary/aromatic N) is 2. The Hall–Kier alpha value is -3.54. The van der Waals surface area contributed by atoms with Crippen molar-refractivity contribution < 1.29 is 9.59 Å². The van der Waals surface area contributed by atoms with Gasteiger partial charge in [0.1, 0.15) is 0 Å². The van der Waals surface area contributed by atoms with Crippen LogP contribution in [0, 0.1) is 0 Å². The topological polar surface area (TPSA) is 66.4 Å². The van der Waals surface area contributed by atoms with E-state index in [0.29, 0.717) is 30.9 Å². The van der Waals surface area contributed by atoms with E-state index >= 15 is 0 Å². The number of hydrogen-bond acceptors (Lipinski definition) is 3. The molecule has 2 amide bonds. The number of piperazine rings is 1. The summed E-state index contributed by atoms with van der Waals surface area (Å²) in [4.78, 5) is 26.4. The Bertz CT molecular complexity index is 949. The first-order valence-corrected chi connectivity index (χ1v) is 8.86. The van der Waals surface area contributed by atoms with Crippen LogP contribution < -0.4 is 15.5 Å². The molecule has 0 radical (unpaired) electrons. The molecule has 0 atom stereocenters. The molecule has 1 fully saturated rings. The number of rotatable bonds is 4. The second kappa shape index (κ2) is 7.37. The van der Waals surface area contributed by atoms with Crippen LogP contribution in [0.3, 0.4) is 0 Å². The molecule has 1 aliphatic rings. The van der Waals surface area contributed by atoms with Crippen LogP contribution in [0.2, 0.25) is 0 Å². The zero-order chi connectivity index (χ0) is 18.6. The Balaban J connectivity index is 1.52. The summed E-state index contributed by atoms with van der Waals surface area (Å²) in [6.45, 7) is 1.60. The molecule has 27 heavy (non-hydrogen) atoms. The van der Waals surface area contributed by atoms with Crippen molar-refractivity contribution in [1.29, 1.82) is 0 Å². The molecule has 0 saturated carbocycles. The first-order chi connectivity index (χ1) is 13.2. The Labute approximate surface area is 157 Å². The number of carbonyl (C=O) groups is 2. The van der Waals surface area contributed by atoms with Crippen molar-refractivity contribution in [1.82, 2.24) is 9.88 Å². The third-order valence-electron chi connectivity index (χ3n) is 4.56. The largest absolute Gasteiger partial charge is 0.359 e. The van der Waals surface area contributed by atoms with Gasteiger partial charge in [-0.3, -0.25) is 9.59 Å². The van der Waals surface area contributed by atoms with Gasteiger partial charge in [0, 0.05) is 36.7 Å². The first kappa shape index (κ1) is 16.9. The number of aromatic nitrogens is 1. The average Bonchev–Trinajstić information content (AvgIpc) is 3.23. The summed E-state index contributed by atoms with van der Waals surface area (Å²) in [7, 11) is 0. The Morgan fingerprint density at radius 2 is 1.70 bits per heavy atom. The quantitative estimate of drug-likeness (QED) is 0.752. The third-order valence-corrected chi connectivity index (χ3v) is 4.56. The summed E-state index contributed by atoms with van der Waals surface area (Å²) >= 11 is 0. The number of para-hydroxylation sites is 2. The molecule has 3 aromatic rings. The smallest absolute Gasteiger partial charge is 0.255 e. The van der Waals surface area contributed by atoms with Gasteiger partial charge in [-0.2, -0.15) is 0 Å². The molecular weight excluding hydrogens is 340 g/mol. The van der Waals surface area contributed by atoms with Crippen LogP contribution in [0.4, 0.5) is 11.4 Å². The van der Waals surface area contributed by atoms with Gasteiger partial charge in [-0.05, 0) is 48.5 Å². The van der Waals surface area contributed by atoms with Crippen molar-refractivity contribution in [3.63, 3.8) is 0 Å². The molecule has 136 valence electrons. The molecule has 0 aliphatic carbocycles. The van der Waals surface area contributed by atoms with E-state index < -0.39 is 0 Å². The van der Waals surface area contributed by atoms with Gasteiger partial charge in [-0.1, -0.05) is 12.1 Å². The molecule has 2 heterocycles. The van der Waals surface area contributed by atoms with Crippen LogP contribution in [-0.4, -0.2) is 36.0 Å². The van der Waals surface area contributed by atoms with Crippen molar-refractivity contribution in [2.24, 2.45) is 0 Å². The summed E-state index contributed by atoms with van der Waals surface area (Å²) in [5.41, 5.74) is 3.13. The van der Waals surface area contributed by atoms with Crippen LogP contribution in [-0.2, 0) is 4.79 Å². The number of anilines is 2. The van der Waals surface area contributed by atoms with E-state index in [0.717, 1.165) is 11.4 Å². The SMILES string of the molecule is O=C1CN(c2ccccc2NC(=O)c2ccc(-n3cccc3)cc2)CCN1. The molecule has 6 heteroatoms. The number of hydrogen-bond donors (Lipinski definition) is 2. The maximum Gasteiger partial charge on any atom is 0.255 e. The summed E-state index contributed by atoms with van der Waals surface area (Å²) < 4.78 is 1.98. The minimum absolute atomic E-state index is 0.0111. The molecule has 0 bridgehead atoms. The standard InChI is InChI=1S/C21H20N4O2/c26-20-15-25(14-11-22-20)19-6-2-1-5-18(19)23-21(27)16-7-9-17(10-8-16)24-12-3-4-13-24/h1-10,12-13H,11,14-15H2,(H,22,26)(H,23,27). The fourth-order valence-electron chi connectivity index (χ4n) is 3.19. The maximum atomic E-state index is 12.7. The monoisotopic (exact) mass is 360 g/mol. The Morgan fingerprint density at radius 1 is 0.963 bits per heavy atom. The summed E-state index contributed by atoms with van der Waals surface area (Å²) in [5.74, 6) is -0.189. The fraction of sp³-hybridized carbons (Fsp3) is 0.143. The normalized spacial score (nSPS) is 13.9. The van der Waals surface area contributed by atoms with E-state index in [4.69, 9.17) is 0 Å². The molecule has 2 N–H and O–H groups in total. The van der Waals surface area contributed by atoms with Gasteiger partial charge in [0.2, 0.25) is 5.91 Å². The third kappa shape index (κ3) is 3.69. The molecule has 6 nitrogen and oxygen atoms in total. The van der Waals surface area contributed by atoms with E-state index in [2.05, 4.69) is 10.6 Å². The van der Waals surface area contributed by atoms with Gasteiger partial charge in [0.15, 0.2) is 0 Å². The number of amides is 2. The van der Waals surface area contributed by atoms with Crippen molar-refractivity contribution in [2.45, 2.75) is 0 Å². The molecular formula is C21H20N4O2. The molecule has 2 aromatic carbocycles. The van der Waals surface area contributed by atoms with Gasteiger partial charge in [0.05, 0.1) is 17.9 Å². The van der Waals surface area contributed by atoms with Gasteiger partial charge in [-0.25, -0.2) is 0 Å². The van der Waals surface area contributed by atoms with Crippen LogP contribution in [0.15, 0.2) is 73.1 Å². The van der Waals surface area contributed by atoms with E-state index in [1.807, 2.05) is 82.5 Å². The van der Waals surface area contributed by atoms with E-state index in [1.165, 1.54) is 0 Å². The minimum Gasteiger partial charge on any atom is -0.359 e. The highest BCUT2D eigenvalue weighted by Gasteiger charge is 2.19. The van der Waals surface area contributed by atoms with Crippen molar-refractivity contribution in [2.75, 3.05) is 29.9 Å². The first-order valence-electron chi connectivity index (χ1n) is 8.86. The molecule has 0 spiro atoms.